The van der Waals surface area contributed by atoms with Crippen LogP contribution in [0.4, 0.5) is 0 Å². The highest BCUT2D eigenvalue weighted by Gasteiger charge is 2.56. The molecule has 0 aliphatic heterocycles. The van der Waals surface area contributed by atoms with Crippen molar-refractivity contribution in [2.24, 2.45) is 10.8 Å². The Morgan fingerprint density at radius 2 is 1.31 bits per heavy atom. The number of hydrogen-bond acceptors (Lipinski definition) is 8. The number of carbonyl (C=O) groups is 4. The Morgan fingerprint density at radius 3 is 1.69 bits per heavy atom. The van der Waals surface area contributed by atoms with Crippen molar-refractivity contribution in [1.82, 2.24) is 0 Å². The number of esters is 4. The van der Waals surface area contributed by atoms with Crippen LogP contribution >= 0.6 is 0 Å². The molecule has 0 unspecified atom stereocenters. The lowest BCUT2D eigenvalue weighted by Crippen LogP contribution is -2.43. The van der Waals surface area contributed by atoms with E-state index in [2.05, 4.69) is 13.2 Å². The van der Waals surface area contributed by atoms with Crippen LogP contribution in [0.5, 0.6) is 0 Å². The van der Waals surface area contributed by atoms with Gasteiger partial charge in [-0.1, -0.05) is 24.3 Å². The molecule has 0 bridgehead atoms. The van der Waals surface area contributed by atoms with E-state index in [4.69, 9.17) is 18.9 Å². The summed E-state index contributed by atoms with van der Waals surface area (Å²) in [5.41, 5.74) is -2.18. The second-order valence-electron chi connectivity index (χ2n) is 7.40. The van der Waals surface area contributed by atoms with Crippen molar-refractivity contribution < 1.29 is 38.1 Å². The van der Waals surface area contributed by atoms with Crippen molar-refractivity contribution in [2.75, 3.05) is 26.4 Å². The molecule has 0 saturated carbocycles. The van der Waals surface area contributed by atoms with Gasteiger partial charge in [-0.25, -0.2) is 0 Å². The van der Waals surface area contributed by atoms with Gasteiger partial charge in [0.1, 0.15) is 0 Å². The molecule has 0 fully saturated rings. The van der Waals surface area contributed by atoms with E-state index >= 15 is 0 Å². The first-order chi connectivity index (χ1) is 15.2. The summed E-state index contributed by atoms with van der Waals surface area (Å²) in [4.78, 5) is 51.7. The van der Waals surface area contributed by atoms with Gasteiger partial charge in [0.05, 0.1) is 26.4 Å². The zero-order chi connectivity index (χ0) is 24.4. The van der Waals surface area contributed by atoms with Crippen LogP contribution < -0.4 is 0 Å². The van der Waals surface area contributed by atoms with Crippen molar-refractivity contribution in [2.45, 2.75) is 53.4 Å². The van der Waals surface area contributed by atoms with E-state index in [1.807, 2.05) is 0 Å². The van der Waals surface area contributed by atoms with Gasteiger partial charge >= 0.3 is 23.9 Å². The lowest BCUT2D eigenvalue weighted by molar-refractivity contribution is -0.172. The van der Waals surface area contributed by atoms with E-state index in [9.17, 15) is 19.2 Å². The summed E-state index contributed by atoms with van der Waals surface area (Å²) in [6, 6.07) is 0. The summed E-state index contributed by atoms with van der Waals surface area (Å²) in [7, 11) is 0. The molecule has 32 heavy (non-hydrogen) atoms. The normalized spacial score (nSPS) is 15.0. The van der Waals surface area contributed by atoms with E-state index in [0.29, 0.717) is 11.1 Å². The molecule has 0 spiro atoms. The number of rotatable bonds is 13. The van der Waals surface area contributed by atoms with Crippen molar-refractivity contribution in [3.63, 3.8) is 0 Å². The highest BCUT2D eigenvalue weighted by atomic mass is 16.6. The topological polar surface area (TPSA) is 105 Å². The minimum Gasteiger partial charge on any atom is -0.465 e. The molecule has 0 saturated heterocycles. The van der Waals surface area contributed by atoms with E-state index in [0.717, 1.165) is 0 Å². The van der Waals surface area contributed by atoms with Crippen LogP contribution in [0.15, 0.2) is 36.5 Å². The minimum atomic E-state index is -1.70. The molecule has 0 heterocycles. The van der Waals surface area contributed by atoms with Gasteiger partial charge in [-0.05, 0) is 59.0 Å². The Kier molecular flexibility index (Phi) is 10.4. The molecule has 0 N–H and O–H groups in total. The standard InChI is InChI=1S/C24H34O8/c1-7-13-23(19(25)29-9-3,20(26)30-10-4)15-18-16-24(14-17(18)8-2,21(27)31-11-5)22(28)32-12-6/h7-8H,1-2,9-16H2,3-6H3. The molecule has 0 aromatic carbocycles. The zero-order valence-corrected chi connectivity index (χ0v) is 19.5. The fourth-order valence-electron chi connectivity index (χ4n) is 3.91. The van der Waals surface area contributed by atoms with Crippen LogP contribution in [0.1, 0.15) is 53.4 Å². The second kappa shape index (κ2) is 12.2. The molecule has 178 valence electrons. The van der Waals surface area contributed by atoms with Crippen LogP contribution in [0.25, 0.3) is 0 Å². The number of ether oxygens (including phenoxy) is 4. The van der Waals surface area contributed by atoms with E-state index in [1.165, 1.54) is 12.2 Å². The van der Waals surface area contributed by atoms with Crippen molar-refractivity contribution >= 4 is 23.9 Å². The first kappa shape index (κ1) is 27.1. The predicted octanol–water partition coefficient (Wildman–Crippen LogP) is 3.45. The van der Waals surface area contributed by atoms with Crippen LogP contribution in [-0.2, 0) is 38.1 Å². The lowest BCUT2D eigenvalue weighted by atomic mass is 9.76. The Hall–Kier alpha value is -2.90. The van der Waals surface area contributed by atoms with Crippen LogP contribution in [0.3, 0.4) is 0 Å². The maximum Gasteiger partial charge on any atom is 0.324 e. The SMILES string of the molecule is C=CCC(CC1=C(C=C)CC(C(=O)OCC)(C(=O)OCC)C1)(C(=O)OCC)C(=O)OCC. The van der Waals surface area contributed by atoms with Crippen molar-refractivity contribution in [3.05, 3.63) is 36.5 Å². The smallest absolute Gasteiger partial charge is 0.324 e. The van der Waals surface area contributed by atoms with E-state index in [-0.39, 0.29) is 52.1 Å². The first-order valence-electron chi connectivity index (χ1n) is 10.9. The molecule has 0 aromatic heterocycles. The summed E-state index contributed by atoms with van der Waals surface area (Å²) in [5, 5.41) is 0. The summed E-state index contributed by atoms with van der Waals surface area (Å²) in [5.74, 6) is -2.93. The van der Waals surface area contributed by atoms with Gasteiger partial charge in [0.2, 0.25) is 0 Å². The van der Waals surface area contributed by atoms with Crippen LogP contribution in [0.2, 0.25) is 0 Å². The first-order valence-corrected chi connectivity index (χ1v) is 10.9. The summed E-state index contributed by atoms with van der Waals surface area (Å²) >= 11 is 0. The maximum atomic E-state index is 13.0. The zero-order valence-electron chi connectivity index (χ0n) is 19.5. The lowest BCUT2D eigenvalue weighted by Gasteiger charge is -2.30. The van der Waals surface area contributed by atoms with E-state index < -0.39 is 34.7 Å². The Labute approximate surface area is 189 Å². The monoisotopic (exact) mass is 450 g/mol. The van der Waals surface area contributed by atoms with Gasteiger partial charge in [0, 0.05) is 0 Å². The molecule has 1 rings (SSSR count). The van der Waals surface area contributed by atoms with Gasteiger partial charge in [-0.15, -0.1) is 6.58 Å². The van der Waals surface area contributed by atoms with Gasteiger partial charge in [0.25, 0.3) is 0 Å². The predicted molar refractivity (Wildman–Crippen MR) is 117 cm³/mol. The molecule has 0 amide bonds. The molecule has 0 radical (unpaired) electrons. The second-order valence-corrected chi connectivity index (χ2v) is 7.40. The van der Waals surface area contributed by atoms with Crippen LogP contribution in [0, 0.1) is 10.8 Å². The van der Waals surface area contributed by atoms with Gasteiger partial charge in [-0.2, -0.15) is 0 Å². The highest BCUT2D eigenvalue weighted by molar-refractivity contribution is 6.03. The summed E-state index contributed by atoms with van der Waals surface area (Å²) in [6.07, 6.45) is 2.75. The fraction of sp³-hybridized carbons (Fsp3) is 0.583. The molecule has 0 atom stereocenters. The van der Waals surface area contributed by atoms with Gasteiger partial charge in [0.15, 0.2) is 10.8 Å². The van der Waals surface area contributed by atoms with Crippen LogP contribution in [-0.4, -0.2) is 50.3 Å². The third kappa shape index (κ3) is 5.47. The number of allylic oxidation sites excluding steroid dienone is 4. The average Bonchev–Trinajstić information content (AvgIpc) is 3.13. The van der Waals surface area contributed by atoms with Crippen molar-refractivity contribution in [3.8, 4) is 0 Å². The number of carbonyl (C=O) groups excluding carboxylic acids is 4. The van der Waals surface area contributed by atoms with Gasteiger partial charge in [-0.3, -0.25) is 19.2 Å². The quantitative estimate of drug-likeness (QED) is 0.182. The molecule has 8 nitrogen and oxygen atoms in total. The Balaban J connectivity index is 3.52. The third-order valence-electron chi connectivity index (χ3n) is 5.38. The Bertz CT molecular complexity index is 741. The summed E-state index contributed by atoms with van der Waals surface area (Å²) in [6.45, 7) is 14.3. The molecular formula is C24H34O8. The fourth-order valence-corrected chi connectivity index (χ4v) is 3.91. The minimum absolute atomic E-state index is 0.000675. The highest BCUT2D eigenvalue weighted by Crippen LogP contribution is 2.49. The molecule has 0 aromatic rings. The molecular weight excluding hydrogens is 416 g/mol. The molecule has 8 heteroatoms. The molecule has 1 aliphatic rings. The largest absolute Gasteiger partial charge is 0.465 e. The average molecular weight is 451 g/mol. The third-order valence-corrected chi connectivity index (χ3v) is 5.38. The van der Waals surface area contributed by atoms with Crippen molar-refractivity contribution in [1.29, 1.82) is 0 Å². The van der Waals surface area contributed by atoms with Gasteiger partial charge < -0.3 is 18.9 Å². The molecule has 1 aliphatic carbocycles. The Morgan fingerprint density at radius 1 is 0.844 bits per heavy atom. The van der Waals surface area contributed by atoms with E-state index in [1.54, 1.807) is 27.7 Å². The number of hydrogen-bond donors (Lipinski definition) is 0. The maximum absolute atomic E-state index is 13.0. The summed E-state index contributed by atoms with van der Waals surface area (Å²) < 4.78 is 20.8.